The molecule has 0 spiro atoms. The third-order valence-corrected chi connectivity index (χ3v) is 3.09. The van der Waals surface area contributed by atoms with Crippen LogP contribution in [-0.2, 0) is 9.53 Å². The van der Waals surface area contributed by atoms with Crippen LogP contribution in [0.4, 0.5) is 0 Å². The molecular weight excluding hydrogens is 164 g/mol. The van der Waals surface area contributed by atoms with E-state index in [1.807, 2.05) is 0 Å². The lowest BCUT2D eigenvalue weighted by molar-refractivity contribution is -0.137. The molecule has 0 amide bonds. The Bertz CT molecular complexity index is 253. The number of carbonyl (C=O) groups is 1. The van der Waals surface area contributed by atoms with Crippen molar-refractivity contribution in [2.24, 2.45) is 5.92 Å². The minimum atomic E-state index is -0.159. The molecule has 2 aliphatic carbocycles. The highest BCUT2D eigenvalue weighted by atomic mass is 16.5. The molecule has 0 aliphatic heterocycles. The van der Waals surface area contributed by atoms with Crippen molar-refractivity contribution in [1.82, 2.24) is 0 Å². The summed E-state index contributed by atoms with van der Waals surface area (Å²) in [5, 5.41) is 0. The Labute approximate surface area is 79.0 Å². The van der Waals surface area contributed by atoms with E-state index in [1.165, 1.54) is 38.2 Å². The van der Waals surface area contributed by atoms with Gasteiger partial charge in [0.15, 0.2) is 0 Å². The maximum atomic E-state index is 10.8. The topological polar surface area (TPSA) is 26.3 Å². The highest BCUT2D eigenvalue weighted by Crippen LogP contribution is 2.41. The van der Waals surface area contributed by atoms with Crippen LogP contribution in [0.2, 0.25) is 0 Å². The number of fused-ring (bicyclic) bond motifs is 1. The van der Waals surface area contributed by atoms with Crippen LogP contribution in [0.25, 0.3) is 0 Å². The van der Waals surface area contributed by atoms with Crippen LogP contribution in [0.15, 0.2) is 11.3 Å². The zero-order valence-corrected chi connectivity index (χ0v) is 8.14. The molecule has 0 N–H and O–H groups in total. The first kappa shape index (κ1) is 8.79. The van der Waals surface area contributed by atoms with Crippen molar-refractivity contribution in [1.29, 1.82) is 0 Å². The third kappa shape index (κ3) is 1.77. The predicted molar refractivity (Wildman–Crippen MR) is 50.0 cm³/mol. The molecule has 2 rings (SSSR count). The number of allylic oxidation sites excluding steroid dienone is 2. The minimum absolute atomic E-state index is 0.159. The van der Waals surface area contributed by atoms with Gasteiger partial charge in [-0.05, 0) is 37.2 Å². The molecule has 0 radical (unpaired) electrons. The minimum Gasteiger partial charge on any atom is -0.431 e. The molecule has 2 aliphatic rings. The molecule has 1 unspecified atom stereocenters. The fourth-order valence-corrected chi connectivity index (χ4v) is 2.53. The molecule has 2 nitrogen and oxygen atoms in total. The van der Waals surface area contributed by atoms with E-state index in [4.69, 9.17) is 4.74 Å². The molecule has 2 heteroatoms. The van der Waals surface area contributed by atoms with Crippen LogP contribution < -0.4 is 0 Å². The van der Waals surface area contributed by atoms with Crippen molar-refractivity contribution in [2.45, 2.75) is 45.4 Å². The number of rotatable bonds is 1. The highest BCUT2D eigenvalue weighted by Gasteiger charge is 2.29. The van der Waals surface area contributed by atoms with Crippen LogP contribution in [-0.4, -0.2) is 5.97 Å². The summed E-state index contributed by atoms with van der Waals surface area (Å²) in [6.45, 7) is 1.49. The first-order valence-corrected chi connectivity index (χ1v) is 5.17. The molecule has 0 aromatic carbocycles. The summed E-state index contributed by atoms with van der Waals surface area (Å²) in [5.41, 5.74) is 1.45. The van der Waals surface area contributed by atoms with Crippen LogP contribution in [0.1, 0.15) is 45.4 Å². The van der Waals surface area contributed by atoms with Gasteiger partial charge < -0.3 is 4.74 Å². The molecule has 0 aromatic heterocycles. The monoisotopic (exact) mass is 180 g/mol. The quantitative estimate of drug-likeness (QED) is 0.580. The molecule has 13 heavy (non-hydrogen) atoms. The Morgan fingerprint density at radius 3 is 2.92 bits per heavy atom. The second-order valence-corrected chi connectivity index (χ2v) is 4.02. The SMILES string of the molecule is CC(=O)OC1=C2CCCCC2CC1. The molecule has 0 bridgehead atoms. The molecule has 0 saturated heterocycles. The second-order valence-electron chi connectivity index (χ2n) is 4.02. The summed E-state index contributed by atoms with van der Waals surface area (Å²) < 4.78 is 5.22. The molecular formula is C11H16O2. The standard InChI is InChI=1S/C11H16O2/c1-8(12)13-11-7-6-9-4-2-3-5-10(9)11/h9H,2-7H2,1H3. The summed E-state index contributed by atoms with van der Waals surface area (Å²) in [6.07, 6.45) is 7.28. The van der Waals surface area contributed by atoms with Gasteiger partial charge in [-0.15, -0.1) is 0 Å². The number of hydrogen-bond donors (Lipinski definition) is 0. The van der Waals surface area contributed by atoms with Crippen molar-refractivity contribution < 1.29 is 9.53 Å². The Balaban J connectivity index is 2.11. The summed E-state index contributed by atoms with van der Waals surface area (Å²) in [4.78, 5) is 10.8. The molecule has 72 valence electrons. The van der Waals surface area contributed by atoms with Gasteiger partial charge in [0.2, 0.25) is 0 Å². The molecule has 1 fully saturated rings. The second kappa shape index (κ2) is 3.52. The normalized spacial score (nSPS) is 27.3. The average Bonchev–Trinajstić information content (AvgIpc) is 2.48. The van der Waals surface area contributed by atoms with Gasteiger partial charge in [0.25, 0.3) is 0 Å². The number of carbonyl (C=O) groups excluding carboxylic acids is 1. The van der Waals surface area contributed by atoms with E-state index in [0.717, 1.165) is 24.5 Å². The van der Waals surface area contributed by atoms with Crippen molar-refractivity contribution in [3.8, 4) is 0 Å². The van der Waals surface area contributed by atoms with Crippen molar-refractivity contribution >= 4 is 5.97 Å². The van der Waals surface area contributed by atoms with E-state index >= 15 is 0 Å². The zero-order chi connectivity index (χ0) is 9.26. The molecule has 0 heterocycles. The lowest BCUT2D eigenvalue weighted by atomic mass is 9.86. The Morgan fingerprint density at radius 2 is 2.15 bits per heavy atom. The van der Waals surface area contributed by atoms with Crippen LogP contribution in [0.3, 0.4) is 0 Å². The van der Waals surface area contributed by atoms with E-state index in [2.05, 4.69) is 0 Å². The van der Waals surface area contributed by atoms with Gasteiger partial charge in [-0.25, -0.2) is 0 Å². The zero-order valence-electron chi connectivity index (χ0n) is 8.14. The summed E-state index contributed by atoms with van der Waals surface area (Å²) in [6, 6.07) is 0. The largest absolute Gasteiger partial charge is 0.431 e. The van der Waals surface area contributed by atoms with Crippen molar-refractivity contribution in [3.63, 3.8) is 0 Å². The van der Waals surface area contributed by atoms with Gasteiger partial charge in [-0.2, -0.15) is 0 Å². The van der Waals surface area contributed by atoms with E-state index in [-0.39, 0.29) is 5.97 Å². The first-order valence-electron chi connectivity index (χ1n) is 5.17. The molecule has 1 saturated carbocycles. The van der Waals surface area contributed by atoms with Gasteiger partial charge >= 0.3 is 5.97 Å². The first-order chi connectivity index (χ1) is 6.27. The molecule has 1 atom stereocenters. The fourth-order valence-electron chi connectivity index (χ4n) is 2.53. The van der Waals surface area contributed by atoms with Crippen LogP contribution in [0.5, 0.6) is 0 Å². The maximum Gasteiger partial charge on any atom is 0.307 e. The Hall–Kier alpha value is -0.790. The average molecular weight is 180 g/mol. The van der Waals surface area contributed by atoms with Gasteiger partial charge in [0.1, 0.15) is 5.76 Å². The smallest absolute Gasteiger partial charge is 0.307 e. The van der Waals surface area contributed by atoms with Crippen LogP contribution >= 0.6 is 0 Å². The van der Waals surface area contributed by atoms with Gasteiger partial charge in [0.05, 0.1) is 0 Å². The number of ether oxygens (including phenoxy) is 1. The van der Waals surface area contributed by atoms with Crippen molar-refractivity contribution in [2.75, 3.05) is 0 Å². The number of hydrogen-bond acceptors (Lipinski definition) is 2. The van der Waals surface area contributed by atoms with E-state index in [0.29, 0.717) is 0 Å². The summed E-state index contributed by atoms with van der Waals surface area (Å²) >= 11 is 0. The maximum absolute atomic E-state index is 10.8. The van der Waals surface area contributed by atoms with Gasteiger partial charge in [-0.3, -0.25) is 4.79 Å². The summed E-state index contributed by atoms with van der Waals surface area (Å²) in [7, 11) is 0. The van der Waals surface area contributed by atoms with Crippen molar-refractivity contribution in [3.05, 3.63) is 11.3 Å². The number of esters is 1. The van der Waals surface area contributed by atoms with Gasteiger partial charge in [-0.1, -0.05) is 6.42 Å². The Morgan fingerprint density at radius 1 is 1.31 bits per heavy atom. The Kier molecular flexibility index (Phi) is 2.38. The fraction of sp³-hybridized carbons (Fsp3) is 0.727. The predicted octanol–water partition coefficient (Wildman–Crippen LogP) is 2.79. The summed E-state index contributed by atoms with van der Waals surface area (Å²) in [5.74, 6) is 1.58. The lowest BCUT2D eigenvalue weighted by Crippen LogP contribution is -2.07. The molecule has 0 aromatic rings. The third-order valence-electron chi connectivity index (χ3n) is 3.09. The highest BCUT2D eigenvalue weighted by molar-refractivity contribution is 5.67. The van der Waals surface area contributed by atoms with E-state index in [9.17, 15) is 4.79 Å². The van der Waals surface area contributed by atoms with Crippen LogP contribution in [0, 0.1) is 5.92 Å². The van der Waals surface area contributed by atoms with Gasteiger partial charge in [0, 0.05) is 13.3 Å². The van der Waals surface area contributed by atoms with E-state index < -0.39 is 0 Å². The van der Waals surface area contributed by atoms with E-state index in [1.54, 1.807) is 0 Å². The lowest BCUT2D eigenvalue weighted by Gasteiger charge is -2.20.